The molecule has 0 aliphatic carbocycles. The summed E-state index contributed by atoms with van der Waals surface area (Å²) in [5.41, 5.74) is 5.49. The van der Waals surface area contributed by atoms with Gasteiger partial charge < -0.3 is 14.9 Å². The summed E-state index contributed by atoms with van der Waals surface area (Å²) in [4.78, 5) is 1.16. The van der Waals surface area contributed by atoms with Gasteiger partial charge in [-0.15, -0.1) is 11.8 Å². The molecule has 90 valence electrons. The van der Waals surface area contributed by atoms with Gasteiger partial charge in [-0.05, 0) is 30.3 Å². The molecular weight excluding hydrogens is 234 g/mol. The van der Waals surface area contributed by atoms with E-state index in [9.17, 15) is 0 Å². The Morgan fingerprint density at radius 3 is 2.76 bits per heavy atom. The molecule has 0 saturated heterocycles. The van der Waals surface area contributed by atoms with Crippen molar-refractivity contribution in [2.24, 2.45) is 5.73 Å². The molecule has 0 spiro atoms. The quantitative estimate of drug-likeness (QED) is 0.827. The van der Waals surface area contributed by atoms with Crippen molar-refractivity contribution >= 4 is 11.8 Å². The van der Waals surface area contributed by atoms with Crippen molar-refractivity contribution in [2.45, 2.75) is 17.2 Å². The third kappa shape index (κ3) is 3.28. The van der Waals surface area contributed by atoms with E-state index in [0.29, 0.717) is 6.54 Å². The molecule has 0 amide bonds. The molecule has 0 fully saturated rings. The Kier molecular flexibility index (Phi) is 4.12. The summed E-state index contributed by atoms with van der Waals surface area (Å²) in [5.74, 6) is 3.44. The highest BCUT2D eigenvalue weighted by Crippen LogP contribution is 2.26. The zero-order valence-electron chi connectivity index (χ0n) is 9.68. The molecule has 1 heterocycles. The maximum absolute atomic E-state index is 5.53. The Bertz CT molecular complexity index is 482. The van der Waals surface area contributed by atoms with Gasteiger partial charge in [0.05, 0.1) is 19.4 Å². The molecule has 4 heteroatoms. The second-order valence-electron chi connectivity index (χ2n) is 3.54. The summed E-state index contributed by atoms with van der Waals surface area (Å²) in [7, 11) is 1.67. The van der Waals surface area contributed by atoms with Crippen molar-refractivity contribution in [1.29, 1.82) is 0 Å². The van der Waals surface area contributed by atoms with Crippen molar-refractivity contribution < 1.29 is 9.15 Å². The molecular formula is C13H15NO2S. The molecule has 0 aliphatic rings. The maximum atomic E-state index is 5.53. The van der Waals surface area contributed by atoms with Gasteiger partial charge in [0.1, 0.15) is 17.3 Å². The van der Waals surface area contributed by atoms with E-state index in [4.69, 9.17) is 14.9 Å². The largest absolute Gasteiger partial charge is 0.497 e. The molecule has 1 aromatic heterocycles. The van der Waals surface area contributed by atoms with Crippen LogP contribution in [0.4, 0.5) is 0 Å². The van der Waals surface area contributed by atoms with Gasteiger partial charge in [0.25, 0.3) is 0 Å². The fourth-order valence-corrected chi connectivity index (χ4v) is 2.29. The average molecular weight is 249 g/mol. The van der Waals surface area contributed by atoms with Crippen LogP contribution in [0.5, 0.6) is 5.75 Å². The van der Waals surface area contributed by atoms with E-state index in [-0.39, 0.29) is 0 Å². The highest BCUT2D eigenvalue weighted by molar-refractivity contribution is 7.98. The van der Waals surface area contributed by atoms with Crippen LogP contribution < -0.4 is 10.5 Å². The molecule has 0 aliphatic heterocycles. The molecule has 0 atom stereocenters. The second-order valence-corrected chi connectivity index (χ2v) is 4.59. The monoisotopic (exact) mass is 249 g/mol. The summed E-state index contributed by atoms with van der Waals surface area (Å²) in [5, 5.41) is 0. The fourth-order valence-electron chi connectivity index (χ4n) is 1.46. The molecule has 2 N–H and O–H groups in total. The number of ether oxygens (including phenoxy) is 1. The van der Waals surface area contributed by atoms with Crippen molar-refractivity contribution in [2.75, 3.05) is 7.11 Å². The first-order valence-corrected chi connectivity index (χ1v) is 6.35. The summed E-state index contributed by atoms with van der Waals surface area (Å²) in [6.45, 7) is 0.448. The summed E-state index contributed by atoms with van der Waals surface area (Å²) in [6.07, 6.45) is 0. The van der Waals surface area contributed by atoms with Crippen LogP contribution in [-0.2, 0) is 12.3 Å². The van der Waals surface area contributed by atoms with Crippen LogP contribution in [0.25, 0.3) is 0 Å². The van der Waals surface area contributed by atoms with Crippen molar-refractivity contribution in [3.63, 3.8) is 0 Å². The molecule has 2 aromatic rings. The molecule has 0 saturated carbocycles. The Hall–Kier alpha value is -1.39. The lowest BCUT2D eigenvalue weighted by Gasteiger charge is -2.03. The summed E-state index contributed by atoms with van der Waals surface area (Å²) < 4.78 is 10.7. The second kappa shape index (κ2) is 5.80. The van der Waals surface area contributed by atoms with Crippen molar-refractivity contribution in [1.82, 2.24) is 0 Å². The number of furan rings is 1. The molecule has 0 unspecified atom stereocenters. The van der Waals surface area contributed by atoms with Crippen LogP contribution in [0.15, 0.2) is 45.7 Å². The standard InChI is InChI=1S/C13H15NO2S/c1-15-10-3-2-4-13(7-10)17-9-12-6-5-11(8-14)16-12/h2-7H,8-9,14H2,1H3. The zero-order chi connectivity index (χ0) is 12.1. The van der Waals surface area contributed by atoms with Gasteiger partial charge in [0.15, 0.2) is 0 Å². The summed E-state index contributed by atoms with van der Waals surface area (Å²) >= 11 is 1.71. The van der Waals surface area contributed by atoms with Gasteiger partial charge in [0, 0.05) is 4.90 Å². The Balaban J connectivity index is 1.96. The normalized spacial score (nSPS) is 10.5. The first kappa shape index (κ1) is 12.1. The lowest BCUT2D eigenvalue weighted by Crippen LogP contribution is -1.92. The number of benzene rings is 1. The number of thioether (sulfide) groups is 1. The first-order valence-electron chi connectivity index (χ1n) is 5.36. The van der Waals surface area contributed by atoms with Gasteiger partial charge in [-0.3, -0.25) is 0 Å². The third-order valence-corrected chi connectivity index (χ3v) is 3.36. The minimum absolute atomic E-state index is 0.448. The topological polar surface area (TPSA) is 48.4 Å². The van der Waals surface area contributed by atoms with Gasteiger partial charge in [0.2, 0.25) is 0 Å². The highest BCUT2D eigenvalue weighted by Gasteiger charge is 2.02. The molecule has 0 radical (unpaired) electrons. The third-order valence-electron chi connectivity index (χ3n) is 2.34. The lowest BCUT2D eigenvalue weighted by molar-refractivity contribution is 0.413. The number of rotatable bonds is 5. The minimum Gasteiger partial charge on any atom is -0.497 e. The van der Waals surface area contributed by atoms with Crippen molar-refractivity contribution in [3.05, 3.63) is 47.9 Å². The minimum atomic E-state index is 0.448. The zero-order valence-corrected chi connectivity index (χ0v) is 10.5. The number of methoxy groups -OCH3 is 1. The number of hydrogen-bond acceptors (Lipinski definition) is 4. The van der Waals surface area contributed by atoms with Crippen LogP contribution in [0.1, 0.15) is 11.5 Å². The van der Waals surface area contributed by atoms with Gasteiger partial charge >= 0.3 is 0 Å². The Morgan fingerprint density at radius 2 is 2.06 bits per heavy atom. The van der Waals surface area contributed by atoms with Crippen LogP contribution in [0.2, 0.25) is 0 Å². The lowest BCUT2D eigenvalue weighted by atomic mass is 10.3. The van der Waals surface area contributed by atoms with E-state index in [2.05, 4.69) is 6.07 Å². The highest BCUT2D eigenvalue weighted by atomic mass is 32.2. The Labute approximate surface area is 105 Å². The molecule has 2 rings (SSSR count). The number of hydrogen-bond donors (Lipinski definition) is 1. The van der Waals surface area contributed by atoms with E-state index in [1.54, 1.807) is 18.9 Å². The van der Waals surface area contributed by atoms with Gasteiger partial charge in [-0.2, -0.15) is 0 Å². The molecule has 3 nitrogen and oxygen atoms in total. The molecule has 17 heavy (non-hydrogen) atoms. The average Bonchev–Trinajstić information content (AvgIpc) is 2.84. The summed E-state index contributed by atoms with van der Waals surface area (Å²) in [6, 6.07) is 11.9. The van der Waals surface area contributed by atoms with E-state index in [1.807, 2.05) is 30.3 Å². The molecule has 0 bridgehead atoms. The van der Waals surface area contributed by atoms with E-state index < -0.39 is 0 Å². The predicted molar refractivity (Wildman–Crippen MR) is 69.2 cm³/mol. The van der Waals surface area contributed by atoms with Crippen LogP contribution >= 0.6 is 11.8 Å². The Morgan fingerprint density at radius 1 is 1.24 bits per heavy atom. The molecule has 1 aromatic carbocycles. The van der Waals surface area contributed by atoms with E-state index in [0.717, 1.165) is 27.9 Å². The SMILES string of the molecule is COc1cccc(SCc2ccc(CN)o2)c1. The maximum Gasteiger partial charge on any atom is 0.119 e. The van der Waals surface area contributed by atoms with Gasteiger partial charge in [-0.1, -0.05) is 6.07 Å². The smallest absolute Gasteiger partial charge is 0.119 e. The predicted octanol–water partition coefficient (Wildman–Crippen LogP) is 3.04. The fraction of sp³-hybridized carbons (Fsp3) is 0.231. The van der Waals surface area contributed by atoms with Crippen LogP contribution in [-0.4, -0.2) is 7.11 Å². The van der Waals surface area contributed by atoms with Crippen molar-refractivity contribution in [3.8, 4) is 5.75 Å². The van der Waals surface area contributed by atoms with E-state index in [1.165, 1.54) is 0 Å². The van der Waals surface area contributed by atoms with Crippen LogP contribution in [0.3, 0.4) is 0 Å². The number of nitrogens with two attached hydrogens (primary N) is 1. The van der Waals surface area contributed by atoms with Gasteiger partial charge in [-0.25, -0.2) is 0 Å². The van der Waals surface area contributed by atoms with Crippen LogP contribution in [0, 0.1) is 0 Å². The first-order chi connectivity index (χ1) is 8.31. The van der Waals surface area contributed by atoms with E-state index >= 15 is 0 Å².